The van der Waals surface area contributed by atoms with Crippen molar-refractivity contribution in [2.24, 2.45) is 0 Å². The average Bonchev–Trinajstić information content (AvgIpc) is 2.63. The third kappa shape index (κ3) is 3.08. The first-order valence-corrected chi connectivity index (χ1v) is 3.22. The molecule has 0 atom stereocenters. The molecular formula is C6H11NO2. The molecule has 0 saturated heterocycles. The second-order valence-corrected chi connectivity index (χ2v) is 2.20. The summed E-state index contributed by atoms with van der Waals surface area (Å²) in [5, 5.41) is 3.21. The van der Waals surface area contributed by atoms with E-state index >= 15 is 0 Å². The Morgan fingerprint density at radius 3 is 3.00 bits per heavy atom. The van der Waals surface area contributed by atoms with Gasteiger partial charge < -0.3 is 10.1 Å². The minimum Gasteiger partial charge on any atom is -0.467 e. The average molecular weight is 129 g/mol. The zero-order valence-electron chi connectivity index (χ0n) is 5.30. The van der Waals surface area contributed by atoms with Gasteiger partial charge in [-0.05, 0) is 12.8 Å². The molecule has 1 fully saturated rings. The summed E-state index contributed by atoms with van der Waals surface area (Å²) >= 11 is 0. The van der Waals surface area contributed by atoms with Gasteiger partial charge in [-0.15, -0.1) is 0 Å². The maximum absolute atomic E-state index is 9.62. The van der Waals surface area contributed by atoms with Crippen molar-refractivity contribution in [3.63, 3.8) is 0 Å². The van der Waals surface area contributed by atoms with Gasteiger partial charge in [-0.25, -0.2) is 0 Å². The van der Waals surface area contributed by atoms with E-state index in [1.54, 1.807) is 0 Å². The summed E-state index contributed by atoms with van der Waals surface area (Å²) in [5.74, 6) is 0. The summed E-state index contributed by atoms with van der Waals surface area (Å²) in [4.78, 5) is 9.62. The van der Waals surface area contributed by atoms with Gasteiger partial charge >= 0.3 is 0 Å². The molecule has 0 bridgehead atoms. The highest BCUT2D eigenvalue weighted by Crippen LogP contribution is 2.17. The number of hydrogen-bond acceptors (Lipinski definition) is 3. The lowest BCUT2D eigenvalue weighted by Crippen LogP contribution is -2.21. The highest BCUT2D eigenvalue weighted by molar-refractivity contribution is 5.36. The molecule has 0 aliphatic heterocycles. The topological polar surface area (TPSA) is 38.3 Å². The second-order valence-electron chi connectivity index (χ2n) is 2.20. The Morgan fingerprint density at radius 2 is 2.44 bits per heavy atom. The maximum Gasteiger partial charge on any atom is 0.293 e. The Labute approximate surface area is 54.4 Å². The van der Waals surface area contributed by atoms with Crippen LogP contribution in [0.1, 0.15) is 12.8 Å². The van der Waals surface area contributed by atoms with Crippen molar-refractivity contribution in [2.75, 3.05) is 13.2 Å². The van der Waals surface area contributed by atoms with Gasteiger partial charge in [0.05, 0.1) is 0 Å². The van der Waals surface area contributed by atoms with Crippen LogP contribution in [-0.2, 0) is 9.53 Å². The Hall–Kier alpha value is -0.570. The predicted octanol–water partition coefficient (Wildman–Crippen LogP) is -0.0886. The third-order valence-electron chi connectivity index (χ3n) is 1.30. The summed E-state index contributed by atoms with van der Waals surface area (Å²) < 4.78 is 4.47. The summed E-state index contributed by atoms with van der Waals surface area (Å²) in [5.41, 5.74) is 0. The Balaban J connectivity index is 1.75. The number of rotatable bonds is 5. The molecule has 0 amide bonds. The molecule has 0 aromatic rings. The number of carbonyl (C=O) groups is 1. The van der Waals surface area contributed by atoms with Crippen LogP contribution in [-0.4, -0.2) is 25.7 Å². The number of hydrogen-bond donors (Lipinski definition) is 1. The first kappa shape index (κ1) is 6.55. The fraction of sp³-hybridized carbons (Fsp3) is 0.833. The van der Waals surface area contributed by atoms with Crippen molar-refractivity contribution in [3.8, 4) is 0 Å². The molecule has 0 aromatic heterocycles. The fourth-order valence-electron chi connectivity index (χ4n) is 0.658. The summed E-state index contributed by atoms with van der Waals surface area (Å²) in [6.07, 6.45) is 2.56. The van der Waals surface area contributed by atoms with Crippen LogP contribution in [0.2, 0.25) is 0 Å². The molecule has 1 rings (SSSR count). The zero-order chi connectivity index (χ0) is 6.53. The van der Waals surface area contributed by atoms with Crippen LogP contribution in [0.4, 0.5) is 0 Å². The van der Waals surface area contributed by atoms with Gasteiger partial charge in [-0.1, -0.05) is 0 Å². The molecule has 3 heteroatoms. The van der Waals surface area contributed by atoms with Crippen molar-refractivity contribution in [1.82, 2.24) is 5.32 Å². The van der Waals surface area contributed by atoms with E-state index < -0.39 is 0 Å². The van der Waals surface area contributed by atoms with Crippen LogP contribution in [0.5, 0.6) is 0 Å². The van der Waals surface area contributed by atoms with Crippen molar-refractivity contribution in [1.29, 1.82) is 0 Å². The van der Waals surface area contributed by atoms with Gasteiger partial charge in [-0.2, -0.15) is 0 Å². The normalized spacial score (nSPS) is 17.3. The van der Waals surface area contributed by atoms with E-state index in [-0.39, 0.29) is 0 Å². The minimum atomic E-state index is 0.481. The largest absolute Gasteiger partial charge is 0.467 e. The standard InChI is InChI=1S/C6H11NO2/c8-5-9-4-3-7-6-1-2-6/h5-7H,1-4H2. The minimum absolute atomic E-state index is 0.481. The van der Waals surface area contributed by atoms with Crippen LogP contribution < -0.4 is 5.32 Å². The molecule has 0 spiro atoms. The monoisotopic (exact) mass is 129 g/mol. The lowest BCUT2D eigenvalue weighted by atomic mass is 10.6. The van der Waals surface area contributed by atoms with E-state index in [0.29, 0.717) is 19.1 Å². The van der Waals surface area contributed by atoms with Crippen LogP contribution in [0.3, 0.4) is 0 Å². The molecule has 1 aliphatic rings. The van der Waals surface area contributed by atoms with E-state index in [1.165, 1.54) is 12.8 Å². The van der Waals surface area contributed by atoms with Crippen LogP contribution >= 0.6 is 0 Å². The molecule has 0 unspecified atom stereocenters. The van der Waals surface area contributed by atoms with Crippen LogP contribution in [0, 0.1) is 0 Å². The van der Waals surface area contributed by atoms with Crippen LogP contribution in [0.25, 0.3) is 0 Å². The summed E-state index contributed by atoms with van der Waals surface area (Å²) in [6, 6.07) is 0.709. The van der Waals surface area contributed by atoms with E-state index in [9.17, 15) is 4.79 Å². The van der Waals surface area contributed by atoms with Crippen molar-refractivity contribution in [2.45, 2.75) is 18.9 Å². The lowest BCUT2D eigenvalue weighted by Gasteiger charge is -1.98. The third-order valence-corrected chi connectivity index (χ3v) is 1.30. The molecule has 1 aliphatic carbocycles. The molecule has 3 nitrogen and oxygen atoms in total. The van der Waals surface area contributed by atoms with Gasteiger partial charge in [0.25, 0.3) is 6.47 Å². The van der Waals surface area contributed by atoms with E-state index in [1.807, 2.05) is 0 Å². The van der Waals surface area contributed by atoms with E-state index in [0.717, 1.165) is 6.54 Å². The first-order valence-electron chi connectivity index (χ1n) is 3.22. The van der Waals surface area contributed by atoms with Crippen molar-refractivity contribution < 1.29 is 9.53 Å². The first-order chi connectivity index (χ1) is 4.43. The van der Waals surface area contributed by atoms with Gasteiger partial charge in [0, 0.05) is 12.6 Å². The highest BCUT2D eigenvalue weighted by Gasteiger charge is 2.19. The van der Waals surface area contributed by atoms with Crippen molar-refractivity contribution >= 4 is 6.47 Å². The summed E-state index contributed by atoms with van der Waals surface area (Å²) in [7, 11) is 0. The SMILES string of the molecule is O=COCCNC1CC1. The summed E-state index contributed by atoms with van der Waals surface area (Å²) in [6.45, 7) is 1.78. The molecule has 1 N–H and O–H groups in total. The fourth-order valence-corrected chi connectivity index (χ4v) is 0.658. The maximum atomic E-state index is 9.62. The van der Waals surface area contributed by atoms with Crippen molar-refractivity contribution in [3.05, 3.63) is 0 Å². The molecular weight excluding hydrogens is 118 g/mol. The van der Waals surface area contributed by atoms with E-state index in [2.05, 4.69) is 10.1 Å². The molecule has 0 aromatic carbocycles. The molecule has 0 heterocycles. The molecule has 9 heavy (non-hydrogen) atoms. The van der Waals surface area contributed by atoms with E-state index in [4.69, 9.17) is 0 Å². The Kier molecular flexibility index (Phi) is 2.51. The Morgan fingerprint density at radius 1 is 1.67 bits per heavy atom. The highest BCUT2D eigenvalue weighted by atomic mass is 16.5. The van der Waals surface area contributed by atoms with Crippen LogP contribution in [0.15, 0.2) is 0 Å². The lowest BCUT2D eigenvalue weighted by molar-refractivity contribution is -0.128. The van der Waals surface area contributed by atoms with Gasteiger partial charge in [0.1, 0.15) is 6.61 Å². The molecule has 1 saturated carbocycles. The second kappa shape index (κ2) is 3.45. The number of nitrogens with one attached hydrogen (secondary N) is 1. The molecule has 52 valence electrons. The van der Waals surface area contributed by atoms with Gasteiger partial charge in [-0.3, -0.25) is 4.79 Å². The number of ether oxygens (including phenoxy) is 1. The smallest absolute Gasteiger partial charge is 0.293 e. The number of carbonyl (C=O) groups excluding carboxylic acids is 1. The zero-order valence-corrected chi connectivity index (χ0v) is 5.30. The van der Waals surface area contributed by atoms with Gasteiger partial charge in [0.15, 0.2) is 0 Å². The molecule has 0 radical (unpaired) electrons. The quantitative estimate of drug-likeness (QED) is 0.416. The van der Waals surface area contributed by atoms with Gasteiger partial charge in [0.2, 0.25) is 0 Å². The Bertz CT molecular complexity index is 91.1. The predicted molar refractivity (Wildman–Crippen MR) is 33.0 cm³/mol.